The summed E-state index contributed by atoms with van der Waals surface area (Å²) in [7, 11) is 0. The summed E-state index contributed by atoms with van der Waals surface area (Å²) < 4.78 is 5.86. The van der Waals surface area contributed by atoms with Crippen molar-refractivity contribution in [1.29, 1.82) is 5.26 Å². The molecule has 6 heteroatoms. The van der Waals surface area contributed by atoms with Gasteiger partial charge in [-0.3, -0.25) is 9.69 Å². The lowest BCUT2D eigenvalue weighted by Gasteiger charge is -2.50. The molecule has 1 aromatic rings. The maximum atomic E-state index is 13.1. The summed E-state index contributed by atoms with van der Waals surface area (Å²) in [6, 6.07) is 10.2. The molecule has 6 nitrogen and oxygen atoms in total. The highest BCUT2D eigenvalue weighted by Crippen LogP contribution is 2.26. The number of hydrogen-bond acceptors (Lipinski definition) is 5. The molecule has 1 aromatic carbocycles. The summed E-state index contributed by atoms with van der Waals surface area (Å²) in [5.74, 6) is 0.155. The molecular weight excluding hydrogens is 328 g/mol. The first-order valence-corrected chi connectivity index (χ1v) is 9.60. The zero-order valence-corrected chi connectivity index (χ0v) is 15.1. The third-order valence-corrected chi connectivity index (χ3v) is 5.85. The van der Waals surface area contributed by atoms with Gasteiger partial charge in [0, 0.05) is 13.1 Å². The number of nitriles is 1. The molecule has 3 aliphatic heterocycles. The number of nitrogens with one attached hydrogen (secondary N) is 1. The van der Waals surface area contributed by atoms with Crippen molar-refractivity contribution >= 4 is 5.91 Å². The standard InChI is InChI=1S/C20H26N4O2/c21-12-16-5-3-4-15(10-16)11-19(25)24-9-6-22-17-13-26-14-18(20(17)24)23-7-1-2-8-23/h3-5,10,17-18,20,22H,1-2,6-9,11,13-14H2/t17-,18+,20+/m1/s1. The van der Waals surface area contributed by atoms with Crippen molar-refractivity contribution in [1.82, 2.24) is 15.1 Å². The Hall–Kier alpha value is -1.94. The number of benzene rings is 1. The van der Waals surface area contributed by atoms with Crippen molar-refractivity contribution in [2.45, 2.75) is 37.4 Å². The number of rotatable bonds is 3. The number of carbonyl (C=O) groups is 1. The van der Waals surface area contributed by atoms with E-state index in [4.69, 9.17) is 10.00 Å². The summed E-state index contributed by atoms with van der Waals surface area (Å²) in [5, 5.41) is 12.6. The van der Waals surface area contributed by atoms with Crippen LogP contribution in [0.15, 0.2) is 24.3 Å². The van der Waals surface area contributed by atoms with Gasteiger partial charge in [-0.1, -0.05) is 12.1 Å². The number of likely N-dealkylation sites (tertiary alicyclic amines) is 1. The lowest BCUT2D eigenvalue weighted by Crippen LogP contribution is -2.70. The van der Waals surface area contributed by atoms with Crippen LogP contribution >= 0.6 is 0 Å². The molecule has 3 aliphatic rings. The van der Waals surface area contributed by atoms with E-state index in [1.165, 1.54) is 12.8 Å². The Kier molecular flexibility index (Phi) is 5.21. The molecule has 3 heterocycles. The van der Waals surface area contributed by atoms with Gasteiger partial charge in [-0.05, 0) is 43.6 Å². The second-order valence-corrected chi connectivity index (χ2v) is 7.48. The van der Waals surface area contributed by atoms with E-state index >= 15 is 0 Å². The van der Waals surface area contributed by atoms with Crippen LogP contribution in [0.4, 0.5) is 0 Å². The van der Waals surface area contributed by atoms with Crippen LogP contribution in [0.3, 0.4) is 0 Å². The normalized spacial score (nSPS) is 29.2. The molecular formula is C20H26N4O2. The molecule has 138 valence electrons. The topological polar surface area (TPSA) is 68.6 Å². The average Bonchev–Trinajstić information content (AvgIpc) is 3.21. The Labute approximate surface area is 154 Å². The highest BCUT2D eigenvalue weighted by molar-refractivity contribution is 5.79. The van der Waals surface area contributed by atoms with Crippen molar-refractivity contribution < 1.29 is 9.53 Å². The molecule has 0 radical (unpaired) electrons. The molecule has 0 unspecified atom stereocenters. The second kappa shape index (κ2) is 7.75. The number of nitrogens with zero attached hydrogens (tertiary/aromatic N) is 3. The van der Waals surface area contributed by atoms with Crippen LogP contribution in [-0.4, -0.2) is 73.2 Å². The Morgan fingerprint density at radius 3 is 2.92 bits per heavy atom. The number of amides is 1. The molecule has 0 spiro atoms. The number of carbonyl (C=O) groups excluding carboxylic acids is 1. The minimum atomic E-state index is 0.155. The minimum Gasteiger partial charge on any atom is -0.378 e. The highest BCUT2D eigenvalue weighted by Gasteiger charge is 2.44. The minimum absolute atomic E-state index is 0.155. The van der Waals surface area contributed by atoms with E-state index in [9.17, 15) is 4.79 Å². The fourth-order valence-electron chi connectivity index (χ4n) is 4.62. The van der Waals surface area contributed by atoms with Crippen molar-refractivity contribution in [3.8, 4) is 6.07 Å². The maximum absolute atomic E-state index is 13.1. The smallest absolute Gasteiger partial charge is 0.227 e. The summed E-state index contributed by atoms with van der Waals surface area (Å²) in [5.41, 5.74) is 1.52. The zero-order valence-electron chi connectivity index (χ0n) is 15.1. The molecule has 0 bridgehead atoms. The molecule has 3 saturated heterocycles. The Morgan fingerprint density at radius 2 is 2.12 bits per heavy atom. The first kappa shape index (κ1) is 17.5. The van der Waals surface area contributed by atoms with E-state index < -0.39 is 0 Å². The molecule has 0 saturated carbocycles. The summed E-state index contributed by atoms with van der Waals surface area (Å²) in [6.07, 6.45) is 2.82. The highest BCUT2D eigenvalue weighted by atomic mass is 16.5. The number of piperazine rings is 1. The van der Waals surface area contributed by atoms with E-state index in [0.717, 1.165) is 31.7 Å². The van der Waals surface area contributed by atoms with Crippen molar-refractivity contribution in [2.75, 3.05) is 39.4 Å². The van der Waals surface area contributed by atoms with Crippen LogP contribution in [0.5, 0.6) is 0 Å². The van der Waals surface area contributed by atoms with Crippen molar-refractivity contribution in [3.63, 3.8) is 0 Å². The van der Waals surface area contributed by atoms with E-state index in [0.29, 0.717) is 25.2 Å². The monoisotopic (exact) mass is 354 g/mol. The molecule has 0 aliphatic carbocycles. The fourth-order valence-corrected chi connectivity index (χ4v) is 4.62. The van der Waals surface area contributed by atoms with Crippen LogP contribution < -0.4 is 5.32 Å². The van der Waals surface area contributed by atoms with Gasteiger partial charge in [-0.15, -0.1) is 0 Å². The predicted molar refractivity (Wildman–Crippen MR) is 97.6 cm³/mol. The fraction of sp³-hybridized carbons (Fsp3) is 0.600. The number of ether oxygens (including phenoxy) is 1. The van der Waals surface area contributed by atoms with Gasteiger partial charge < -0.3 is 15.0 Å². The van der Waals surface area contributed by atoms with Gasteiger partial charge in [-0.25, -0.2) is 0 Å². The summed E-state index contributed by atoms with van der Waals surface area (Å²) >= 11 is 0. The molecule has 0 aromatic heterocycles. The number of fused-ring (bicyclic) bond motifs is 1. The lowest BCUT2D eigenvalue weighted by atomic mass is 9.92. The van der Waals surface area contributed by atoms with Gasteiger partial charge in [0.2, 0.25) is 5.91 Å². The van der Waals surface area contributed by atoms with Gasteiger partial charge in [0.15, 0.2) is 0 Å². The number of hydrogen-bond donors (Lipinski definition) is 1. The largest absolute Gasteiger partial charge is 0.378 e. The first-order chi connectivity index (χ1) is 12.8. The van der Waals surface area contributed by atoms with Crippen molar-refractivity contribution in [2.24, 2.45) is 0 Å². The third-order valence-electron chi connectivity index (χ3n) is 5.85. The predicted octanol–water partition coefficient (Wildman–Crippen LogP) is 0.764. The molecule has 1 N–H and O–H groups in total. The van der Waals surface area contributed by atoms with E-state index in [-0.39, 0.29) is 24.0 Å². The molecule has 4 rings (SSSR count). The molecule has 1 amide bonds. The van der Waals surface area contributed by atoms with Gasteiger partial charge in [0.1, 0.15) is 0 Å². The average molecular weight is 354 g/mol. The van der Waals surface area contributed by atoms with E-state index in [1.54, 1.807) is 6.07 Å². The van der Waals surface area contributed by atoms with Gasteiger partial charge in [0.05, 0.1) is 49.4 Å². The lowest BCUT2D eigenvalue weighted by molar-refractivity contribution is -0.142. The Balaban J connectivity index is 1.53. The Bertz CT molecular complexity index is 693. The summed E-state index contributed by atoms with van der Waals surface area (Å²) in [6.45, 7) is 5.12. The summed E-state index contributed by atoms with van der Waals surface area (Å²) in [4.78, 5) is 17.7. The Morgan fingerprint density at radius 1 is 1.27 bits per heavy atom. The first-order valence-electron chi connectivity index (χ1n) is 9.60. The molecule has 3 atom stereocenters. The third kappa shape index (κ3) is 3.48. The maximum Gasteiger partial charge on any atom is 0.227 e. The van der Waals surface area contributed by atoms with Gasteiger partial charge >= 0.3 is 0 Å². The zero-order chi connectivity index (χ0) is 17.9. The van der Waals surface area contributed by atoms with Crippen LogP contribution in [-0.2, 0) is 16.0 Å². The van der Waals surface area contributed by atoms with Crippen LogP contribution in [0.1, 0.15) is 24.0 Å². The van der Waals surface area contributed by atoms with Gasteiger partial charge in [-0.2, -0.15) is 5.26 Å². The quantitative estimate of drug-likeness (QED) is 0.868. The van der Waals surface area contributed by atoms with Crippen LogP contribution in [0.25, 0.3) is 0 Å². The SMILES string of the molecule is N#Cc1cccc(CC(=O)N2CCN[C@@H]3COC[C@H](N4CCCC4)[C@H]32)c1. The van der Waals surface area contributed by atoms with Crippen LogP contribution in [0, 0.1) is 11.3 Å². The van der Waals surface area contributed by atoms with E-state index in [2.05, 4.69) is 21.2 Å². The van der Waals surface area contributed by atoms with Crippen LogP contribution in [0.2, 0.25) is 0 Å². The molecule has 26 heavy (non-hydrogen) atoms. The van der Waals surface area contributed by atoms with Crippen molar-refractivity contribution in [3.05, 3.63) is 35.4 Å². The van der Waals surface area contributed by atoms with Gasteiger partial charge in [0.25, 0.3) is 0 Å². The van der Waals surface area contributed by atoms with E-state index in [1.807, 2.05) is 18.2 Å². The second-order valence-electron chi connectivity index (χ2n) is 7.48. The molecule has 3 fully saturated rings.